The van der Waals surface area contributed by atoms with Crippen molar-refractivity contribution in [2.24, 2.45) is 23.2 Å². The van der Waals surface area contributed by atoms with Gasteiger partial charge in [-0.05, 0) is 94.4 Å². The molecule has 0 aromatic heterocycles. The molecular formula is C22H30O8S2. The molecule has 4 aliphatic carbocycles. The lowest BCUT2D eigenvalue weighted by Gasteiger charge is -2.61. The minimum atomic E-state index is -3.92. The first-order valence-electron chi connectivity index (χ1n) is 10.9. The van der Waals surface area contributed by atoms with Gasteiger partial charge in [-0.25, -0.2) is 9.68 Å². The van der Waals surface area contributed by atoms with Gasteiger partial charge in [0, 0.05) is 5.41 Å². The van der Waals surface area contributed by atoms with E-state index in [9.17, 15) is 13.2 Å². The molecule has 1 aromatic carbocycles. The molecule has 4 aliphatic rings. The zero-order chi connectivity index (χ0) is 23.0. The zero-order valence-electron chi connectivity index (χ0n) is 18.6. The summed E-state index contributed by atoms with van der Waals surface area (Å²) in [4.78, 5) is 17.1. The number of hydrogen-bond acceptors (Lipinski definition) is 9. The monoisotopic (exact) mass is 486 g/mol. The minimum absolute atomic E-state index is 0.0564. The molecule has 178 valence electrons. The summed E-state index contributed by atoms with van der Waals surface area (Å²) in [6, 6.07) is 5.90. The van der Waals surface area contributed by atoms with E-state index in [2.05, 4.69) is 28.1 Å². The van der Waals surface area contributed by atoms with Crippen LogP contribution in [-0.4, -0.2) is 32.2 Å². The molecule has 0 radical (unpaired) electrons. The highest BCUT2D eigenvalue weighted by molar-refractivity contribution is 8.08. The van der Waals surface area contributed by atoms with Crippen molar-refractivity contribution in [3.05, 3.63) is 29.8 Å². The molecule has 1 aromatic rings. The largest absolute Gasteiger partial charge is 0.455 e. The Morgan fingerprint density at radius 1 is 1.06 bits per heavy atom. The van der Waals surface area contributed by atoms with Crippen LogP contribution in [0.2, 0.25) is 0 Å². The Hall–Kier alpha value is -1.33. The van der Waals surface area contributed by atoms with Crippen LogP contribution in [0, 0.1) is 23.2 Å². The van der Waals surface area contributed by atoms with Crippen LogP contribution in [-0.2, 0) is 29.1 Å². The quantitative estimate of drug-likeness (QED) is 0.117. The summed E-state index contributed by atoms with van der Waals surface area (Å²) in [5, 5.41) is 3.63. The van der Waals surface area contributed by atoms with E-state index in [1.807, 2.05) is 0 Å². The van der Waals surface area contributed by atoms with Crippen molar-refractivity contribution in [2.75, 3.05) is 12.2 Å². The lowest BCUT2D eigenvalue weighted by Crippen LogP contribution is -2.57. The molecule has 0 unspecified atom stereocenters. The summed E-state index contributed by atoms with van der Waals surface area (Å²) in [7, 11) is -2.69. The number of rotatable bonds is 10. The third-order valence-corrected chi connectivity index (χ3v) is 9.45. The van der Waals surface area contributed by atoms with Gasteiger partial charge in [0.2, 0.25) is 0 Å². The summed E-state index contributed by atoms with van der Waals surface area (Å²) in [5.74, 6) is 1.99. The van der Waals surface area contributed by atoms with Crippen LogP contribution < -0.4 is 4.18 Å². The number of carbonyl (C=O) groups excluding carboxylic acids is 1. The van der Waals surface area contributed by atoms with Crippen molar-refractivity contribution >= 4 is 28.1 Å². The molecular weight excluding hydrogens is 456 g/mol. The molecule has 4 saturated carbocycles. The fraction of sp³-hybridized carbons (Fsp3) is 0.682. The molecule has 0 atom stereocenters. The summed E-state index contributed by atoms with van der Waals surface area (Å²) >= 11 is 0.507. The van der Waals surface area contributed by atoms with Gasteiger partial charge in [0.15, 0.2) is 5.08 Å². The van der Waals surface area contributed by atoms with Crippen LogP contribution in [0.15, 0.2) is 24.3 Å². The van der Waals surface area contributed by atoms with E-state index >= 15 is 0 Å². The molecule has 10 heteroatoms. The van der Waals surface area contributed by atoms with Crippen molar-refractivity contribution in [3.8, 4) is 5.75 Å². The Bertz CT molecular complexity index is 890. The van der Waals surface area contributed by atoms with Crippen LogP contribution >= 0.6 is 12.0 Å². The van der Waals surface area contributed by atoms with E-state index in [-0.39, 0.29) is 11.2 Å². The first kappa shape index (κ1) is 23.8. The Kier molecular flexibility index (Phi) is 6.80. The number of esters is 1. The second-order valence-corrected chi connectivity index (χ2v) is 12.4. The Morgan fingerprint density at radius 2 is 1.62 bits per heavy atom. The molecule has 8 nitrogen and oxygen atoms in total. The lowest BCUT2D eigenvalue weighted by atomic mass is 9.46. The minimum Gasteiger partial charge on any atom is -0.455 e. The SMILES string of the molecule is COOOSCS(=O)(=O)Oc1ccc(C(=O)OC(C)(C)C23CC4CC(CC(C4)C2)C3)cc1. The van der Waals surface area contributed by atoms with Crippen molar-refractivity contribution in [3.63, 3.8) is 0 Å². The smallest absolute Gasteiger partial charge is 0.338 e. The van der Waals surface area contributed by atoms with E-state index in [4.69, 9.17) is 8.92 Å². The van der Waals surface area contributed by atoms with Crippen LogP contribution in [0.3, 0.4) is 0 Å². The van der Waals surface area contributed by atoms with Gasteiger partial charge in [0.05, 0.1) is 24.7 Å². The predicted molar refractivity (Wildman–Crippen MR) is 118 cm³/mol. The predicted octanol–water partition coefficient (Wildman–Crippen LogP) is 4.66. The lowest BCUT2D eigenvalue weighted by molar-refractivity contribution is -0.447. The molecule has 0 amide bonds. The second-order valence-electron chi connectivity index (χ2n) is 9.80. The second kappa shape index (κ2) is 9.13. The van der Waals surface area contributed by atoms with Gasteiger partial charge in [-0.1, -0.05) is 5.04 Å². The van der Waals surface area contributed by atoms with Crippen molar-refractivity contribution in [1.82, 2.24) is 0 Å². The molecule has 0 N–H and O–H groups in total. The fourth-order valence-electron chi connectivity index (χ4n) is 6.19. The van der Waals surface area contributed by atoms with Crippen molar-refractivity contribution in [1.29, 1.82) is 0 Å². The molecule has 32 heavy (non-hydrogen) atoms. The van der Waals surface area contributed by atoms with E-state index in [0.717, 1.165) is 37.0 Å². The van der Waals surface area contributed by atoms with Gasteiger partial charge in [0.25, 0.3) is 0 Å². The first-order chi connectivity index (χ1) is 15.1. The fourth-order valence-corrected chi connectivity index (χ4v) is 7.51. The maximum atomic E-state index is 12.9. The Balaban J connectivity index is 1.37. The van der Waals surface area contributed by atoms with Gasteiger partial charge in [-0.15, -0.1) is 4.33 Å². The van der Waals surface area contributed by atoms with Gasteiger partial charge in [-0.3, -0.25) is 0 Å². The zero-order valence-corrected chi connectivity index (χ0v) is 20.2. The molecule has 0 saturated heterocycles. The number of hydrogen-bond donors (Lipinski definition) is 0. The number of benzene rings is 1. The topological polar surface area (TPSA) is 97.4 Å². The average molecular weight is 487 g/mol. The highest BCUT2D eigenvalue weighted by Crippen LogP contribution is 2.64. The average Bonchev–Trinajstić information content (AvgIpc) is 2.70. The van der Waals surface area contributed by atoms with Crippen LogP contribution in [0.25, 0.3) is 0 Å². The van der Waals surface area contributed by atoms with Crippen LogP contribution in [0.4, 0.5) is 0 Å². The summed E-state index contributed by atoms with van der Waals surface area (Å²) < 4.78 is 39.4. The number of ether oxygens (including phenoxy) is 1. The van der Waals surface area contributed by atoms with Crippen molar-refractivity contribution in [2.45, 2.75) is 58.0 Å². The van der Waals surface area contributed by atoms with E-state index in [1.165, 1.54) is 50.6 Å². The first-order valence-corrected chi connectivity index (χ1v) is 13.3. The van der Waals surface area contributed by atoms with Gasteiger partial charge < -0.3 is 8.92 Å². The maximum absolute atomic E-state index is 12.9. The Morgan fingerprint density at radius 3 is 2.16 bits per heavy atom. The summed E-state index contributed by atoms with van der Waals surface area (Å²) in [6.07, 6.45) is 7.41. The summed E-state index contributed by atoms with van der Waals surface area (Å²) in [6.45, 7) is 4.10. The highest BCUT2D eigenvalue weighted by atomic mass is 32.3. The third-order valence-electron chi connectivity index (χ3n) is 7.31. The molecule has 4 fully saturated rings. The van der Waals surface area contributed by atoms with E-state index in [1.54, 1.807) is 0 Å². The normalized spacial score (nSPS) is 29.2. The molecule has 5 rings (SSSR count). The molecule has 0 spiro atoms. The summed E-state index contributed by atoms with van der Waals surface area (Å²) in [5.41, 5.74) is -0.139. The maximum Gasteiger partial charge on any atom is 0.338 e. The van der Waals surface area contributed by atoms with E-state index < -0.39 is 26.8 Å². The van der Waals surface area contributed by atoms with Crippen molar-refractivity contribution < 1.29 is 36.4 Å². The van der Waals surface area contributed by atoms with Gasteiger partial charge >= 0.3 is 16.1 Å². The third kappa shape index (κ3) is 5.09. The van der Waals surface area contributed by atoms with Crippen LogP contribution in [0.5, 0.6) is 5.75 Å². The standard InChI is InChI=1S/C22H30O8S2/c1-21(2,22-11-15-8-16(12-22)10-17(9-15)13-22)27-20(23)18-4-6-19(7-5-18)28-32(24,25)14-31-30-29-26-3/h4-7,15-17H,8-14H2,1-3H3. The van der Waals surface area contributed by atoms with Gasteiger partial charge in [0.1, 0.15) is 11.4 Å². The van der Waals surface area contributed by atoms with Crippen LogP contribution in [0.1, 0.15) is 62.7 Å². The molecule has 0 aliphatic heterocycles. The Labute approximate surface area is 193 Å². The number of carbonyl (C=O) groups is 1. The molecule has 4 bridgehead atoms. The van der Waals surface area contributed by atoms with Gasteiger partial charge in [-0.2, -0.15) is 8.42 Å². The van der Waals surface area contributed by atoms with E-state index in [0.29, 0.717) is 17.6 Å². The molecule has 0 heterocycles. The highest BCUT2D eigenvalue weighted by Gasteiger charge is 2.58.